The molecule has 0 bridgehead atoms. The molecule has 2 atom stereocenters. The van der Waals surface area contributed by atoms with Gasteiger partial charge in [0.2, 0.25) is 15.9 Å². The lowest BCUT2D eigenvalue weighted by Gasteiger charge is -2.30. The first-order chi connectivity index (χ1) is 9.94. The van der Waals surface area contributed by atoms with Gasteiger partial charge >= 0.3 is 0 Å². The Kier molecular flexibility index (Phi) is 4.94. The fourth-order valence-corrected chi connectivity index (χ4v) is 3.44. The van der Waals surface area contributed by atoms with Crippen LogP contribution in [0.2, 0.25) is 0 Å². The van der Waals surface area contributed by atoms with Gasteiger partial charge in [0.25, 0.3) is 0 Å². The molecule has 2 rings (SSSR count). The molecule has 1 heterocycles. The van der Waals surface area contributed by atoms with Crippen LogP contribution in [0, 0.1) is 0 Å². The molecule has 0 unspecified atom stereocenters. The summed E-state index contributed by atoms with van der Waals surface area (Å²) in [6.45, 7) is 0.831. The summed E-state index contributed by atoms with van der Waals surface area (Å²) >= 11 is 0. The highest BCUT2D eigenvalue weighted by molar-refractivity contribution is 7.89. The van der Waals surface area contributed by atoms with E-state index in [1.54, 1.807) is 0 Å². The van der Waals surface area contributed by atoms with Crippen molar-refractivity contribution in [2.45, 2.75) is 23.5 Å². The van der Waals surface area contributed by atoms with E-state index in [1.165, 1.54) is 31.4 Å². The van der Waals surface area contributed by atoms with E-state index >= 15 is 0 Å². The van der Waals surface area contributed by atoms with Crippen LogP contribution in [0.25, 0.3) is 0 Å². The summed E-state index contributed by atoms with van der Waals surface area (Å²) in [7, 11) is -2.17. The Morgan fingerprint density at radius 1 is 1.38 bits per heavy atom. The summed E-state index contributed by atoms with van der Waals surface area (Å²) in [5.74, 6) is -0.601. The van der Waals surface area contributed by atoms with Gasteiger partial charge in [-0.25, -0.2) is 13.1 Å². The maximum absolute atomic E-state index is 12.3. The van der Waals surface area contributed by atoms with Gasteiger partial charge in [0.05, 0.1) is 23.6 Å². The molecule has 116 valence electrons. The fraction of sp³-hybridized carbons (Fsp3) is 0.462. The molecule has 1 aromatic carbocycles. The maximum Gasteiger partial charge on any atom is 0.248 e. The van der Waals surface area contributed by atoms with Crippen molar-refractivity contribution in [3.05, 3.63) is 29.8 Å². The molecule has 0 aromatic heterocycles. The number of sulfonamides is 1. The van der Waals surface area contributed by atoms with Gasteiger partial charge in [0.1, 0.15) is 0 Å². The van der Waals surface area contributed by atoms with Gasteiger partial charge in [-0.2, -0.15) is 0 Å². The second-order valence-corrected chi connectivity index (χ2v) is 6.47. The second-order valence-electron chi connectivity index (χ2n) is 4.75. The van der Waals surface area contributed by atoms with Gasteiger partial charge in [0, 0.05) is 19.3 Å². The molecule has 3 N–H and O–H groups in total. The summed E-state index contributed by atoms with van der Waals surface area (Å²) in [4.78, 5) is 11.1. The molecule has 0 radical (unpaired) electrons. The first-order valence-electron chi connectivity index (χ1n) is 6.47. The molecule has 1 aromatic rings. The monoisotopic (exact) mass is 314 g/mol. The smallest absolute Gasteiger partial charge is 0.248 e. The Labute approximate surface area is 123 Å². The number of nitrogens with one attached hydrogen (secondary N) is 1. The summed E-state index contributed by atoms with van der Waals surface area (Å²) in [6.07, 6.45) is 0.218. The van der Waals surface area contributed by atoms with Crippen molar-refractivity contribution in [1.29, 1.82) is 0 Å². The molecule has 21 heavy (non-hydrogen) atoms. The third kappa shape index (κ3) is 3.79. The molecule has 1 saturated heterocycles. The molecule has 1 aliphatic rings. The minimum atomic E-state index is -3.68. The standard InChI is InChI=1S/C13H18N2O5S/c1-19-12-8-20-7-6-11(12)15-21(17,18)10-4-2-9(3-5-10)13(14)16/h2-5,11-12,15H,6-8H2,1H3,(H2,14,16)/t11-,12-/m1/s1. The van der Waals surface area contributed by atoms with E-state index in [2.05, 4.69) is 4.72 Å². The van der Waals surface area contributed by atoms with Gasteiger partial charge in [0.15, 0.2) is 0 Å². The Balaban J connectivity index is 2.15. The second kappa shape index (κ2) is 6.52. The normalized spacial score (nSPS) is 22.9. The first-order valence-corrected chi connectivity index (χ1v) is 7.95. The summed E-state index contributed by atoms with van der Waals surface area (Å²) in [5, 5.41) is 0. The predicted molar refractivity (Wildman–Crippen MR) is 75.3 cm³/mol. The highest BCUT2D eigenvalue weighted by Crippen LogP contribution is 2.16. The van der Waals surface area contributed by atoms with Crippen LogP contribution in [0.4, 0.5) is 0 Å². The molecule has 1 aliphatic heterocycles. The number of rotatable bonds is 5. The van der Waals surface area contributed by atoms with Crippen molar-refractivity contribution in [1.82, 2.24) is 4.72 Å². The number of nitrogens with two attached hydrogens (primary N) is 1. The molecule has 7 nitrogen and oxygen atoms in total. The highest BCUT2D eigenvalue weighted by atomic mass is 32.2. The van der Waals surface area contributed by atoms with E-state index in [1.807, 2.05) is 0 Å². The maximum atomic E-state index is 12.3. The third-order valence-electron chi connectivity index (χ3n) is 3.36. The lowest BCUT2D eigenvalue weighted by molar-refractivity contribution is -0.0448. The van der Waals surface area contributed by atoms with Crippen molar-refractivity contribution in [3.8, 4) is 0 Å². The first kappa shape index (κ1) is 15.9. The zero-order chi connectivity index (χ0) is 15.5. The number of hydrogen-bond donors (Lipinski definition) is 2. The summed E-state index contributed by atoms with van der Waals surface area (Å²) in [6, 6.07) is 5.13. The van der Waals surface area contributed by atoms with Crippen molar-refractivity contribution < 1.29 is 22.7 Å². The van der Waals surface area contributed by atoms with Crippen LogP contribution >= 0.6 is 0 Å². The third-order valence-corrected chi connectivity index (χ3v) is 4.87. The SMILES string of the molecule is CO[C@@H]1COCC[C@H]1NS(=O)(=O)c1ccc(C(N)=O)cc1. The molecule has 0 aliphatic carbocycles. The molecule has 1 amide bonds. The van der Waals surface area contributed by atoms with Crippen LogP contribution in [-0.2, 0) is 19.5 Å². The van der Waals surface area contributed by atoms with Crippen LogP contribution in [0.5, 0.6) is 0 Å². The zero-order valence-electron chi connectivity index (χ0n) is 11.6. The molecule has 1 fully saturated rings. The van der Waals surface area contributed by atoms with Crippen LogP contribution in [0.15, 0.2) is 29.2 Å². The van der Waals surface area contributed by atoms with Gasteiger partial charge in [-0.3, -0.25) is 4.79 Å². The van der Waals surface area contributed by atoms with Gasteiger partial charge in [-0.05, 0) is 30.7 Å². The number of benzene rings is 1. The highest BCUT2D eigenvalue weighted by Gasteiger charge is 2.30. The fourth-order valence-electron chi connectivity index (χ4n) is 2.14. The Morgan fingerprint density at radius 3 is 2.62 bits per heavy atom. The number of carbonyl (C=O) groups is 1. The number of carbonyl (C=O) groups excluding carboxylic acids is 1. The average molecular weight is 314 g/mol. The Bertz CT molecular complexity index is 599. The minimum Gasteiger partial charge on any atom is -0.379 e. The summed E-state index contributed by atoms with van der Waals surface area (Å²) in [5.41, 5.74) is 5.38. The Morgan fingerprint density at radius 2 is 2.05 bits per heavy atom. The average Bonchev–Trinajstić information content (AvgIpc) is 2.47. The molecular formula is C13H18N2O5S. The number of primary amides is 1. The van der Waals surface area contributed by atoms with E-state index in [9.17, 15) is 13.2 Å². The van der Waals surface area contributed by atoms with Crippen molar-refractivity contribution in [3.63, 3.8) is 0 Å². The molecule has 8 heteroatoms. The Hall–Kier alpha value is -1.48. The van der Waals surface area contributed by atoms with Crippen molar-refractivity contribution in [2.24, 2.45) is 5.73 Å². The number of hydrogen-bond acceptors (Lipinski definition) is 5. The van der Waals surface area contributed by atoms with E-state index in [0.29, 0.717) is 19.6 Å². The zero-order valence-corrected chi connectivity index (χ0v) is 12.4. The van der Waals surface area contributed by atoms with Gasteiger partial charge in [-0.1, -0.05) is 0 Å². The van der Waals surface area contributed by atoms with E-state index in [0.717, 1.165) is 0 Å². The van der Waals surface area contributed by atoms with Crippen molar-refractivity contribution in [2.75, 3.05) is 20.3 Å². The number of ether oxygens (including phenoxy) is 2. The topological polar surface area (TPSA) is 108 Å². The van der Waals surface area contributed by atoms with Crippen LogP contribution < -0.4 is 10.5 Å². The van der Waals surface area contributed by atoms with Crippen LogP contribution in [0.1, 0.15) is 16.8 Å². The van der Waals surface area contributed by atoms with E-state index in [-0.39, 0.29) is 22.6 Å². The lowest BCUT2D eigenvalue weighted by atomic mass is 10.1. The predicted octanol–water partition coefficient (Wildman–Crippen LogP) is -0.132. The number of amides is 1. The van der Waals surface area contributed by atoms with Gasteiger partial charge in [-0.15, -0.1) is 0 Å². The lowest BCUT2D eigenvalue weighted by Crippen LogP contribution is -2.49. The van der Waals surface area contributed by atoms with E-state index < -0.39 is 15.9 Å². The van der Waals surface area contributed by atoms with Gasteiger partial charge < -0.3 is 15.2 Å². The largest absolute Gasteiger partial charge is 0.379 e. The summed E-state index contributed by atoms with van der Waals surface area (Å²) < 4.78 is 37.7. The van der Waals surface area contributed by atoms with E-state index in [4.69, 9.17) is 15.2 Å². The molecule has 0 saturated carbocycles. The number of methoxy groups -OCH3 is 1. The minimum absolute atomic E-state index is 0.0776. The molecular weight excluding hydrogens is 296 g/mol. The van der Waals surface area contributed by atoms with Crippen LogP contribution in [-0.4, -0.2) is 46.8 Å². The molecule has 0 spiro atoms. The quantitative estimate of drug-likeness (QED) is 0.787. The van der Waals surface area contributed by atoms with Crippen molar-refractivity contribution >= 4 is 15.9 Å². The van der Waals surface area contributed by atoms with Crippen LogP contribution in [0.3, 0.4) is 0 Å².